The summed E-state index contributed by atoms with van der Waals surface area (Å²) in [5, 5.41) is 5.33. The maximum atomic E-state index is 13.7. The van der Waals surface area contributed by atoms with E-state index in [9.17, 15) is 14.4 Å². The number of piperidine rings is 2. The van der Waals surface area contributed by atoms with Crippen LogP contribution in [0, 0.1) is 5.41 Å². The maximum absolute atomic E-state index is 13.7. The number of fused-ring (bicyclic) bond motifs is 1. The fourth-order valence-corrected chi connectivity index (χ4v) is 6.16. The highest BCUT2D eigenvalue weighted by atomic mass is 32.1. The molecule has 0 radical (unpaired) electrons. The van der Waals surface area contributed by atoms with Crippen molar-refractivity contribution in [3.8, 4) is 0 Å². The van der Waals surface area contributed by atoms with Gasteiger partial charge in [0.15, 0.2) is 5.76 Å². The highest BCUT2D eigenvalue weighted by molar-refractivity contribution is 7.07. The lowest BCUT2D eigenvalue weighted by atomic mass is 9.71. The molecule has 1 spiro atoms. The molecule has 6 heterocycles. The second kappa shape index (κ2) is 10.7. The minimum atomic E-state index is -0.669. The molecule has 200 valence electrons. The number of carbonyl (C=O) groups is 3. The first-order chi connectivity index (χ1) is 19.0. The lowest BCUT2D eigenvalue weighted by Gasteiger charge is -2.43. The first kappa shape index (κ1) is 25.4. The van der Waals surface area contributed by atoms with Gasteiger partial charge in [-0.05, 0) is 86.7 Å². The van der Waals surface area contributed by atoms with Crippen LogP contribution in [-0.2, 0) is 16.0 Å². The number of carbonyl (C=O) groups excluding carboxylic acids is 3. The van der Waals surface area contributed by atoms with Gasteiger partial charge in [0.05, 0.1) is 22.9 Å². The van der Waals surface area contributed by atoms with Gasteiger partial charge in [-0.1, -0.05) is 5.57 Å². The Morgan fingerprint density at radius 3 is 2.69 bits per heavy atom. The summed E-state index contributed by atoms with van der Waals surface area (Å²) in [5.74, 6) is -0.340. The zero-order valence-corrected chi connectivity index (χ0v) is 22.3. The van der Waals surface area contributed by atoms with Gasteiger partial charge in [-0.3, -0.25) is 14.4 Å². The first-order valence-electron chi connectivity index (χ1n) is 13.2. The average molecular weight is 544 g/mol. The van der Waals surface area contributed by atoms with Crippen molar-refractivity contribution in [3.63, 3.8) is 0 Å². The quantitative estimate of drug-likeness (QED) is 0.392. The van der Waals surface area contributed by atoms with Crippen molar-refractivity contribution in [1.82, 2.24) is 20.2 Å². The summed E-state index contributed by atoms with van der Waals surface area (Å²) >= 11 is 1.58. The normalized spacial score (nSPS) is 19.0. The number of rotatable bonds is 4. The summed E-state index contributed by atoms with van der Waals surface area (Å²) in [6.45, 7) is 2.76. The SMILES string of the molecule is O=C(/C=C/c1cnc2c(c1)CC1(CCNCC1)C(=O)N2C(=O)c1ccco1)N1CCC(=Cc2cscn2)CC1. The van der Waals surface area contributed by atoms with E-state index < -0.39 is 11.3 Å². The third-order valence-electron chi connectivity index (χ3n) is 7.80. The van der Waals surface area contributed by atoms with Gasteiger partial charge < -0.3 is 14.6 Å². The Labute approximate surface area is 230 Å². The van der Waals surface area contributed by atoms with E-state index in [4.69, 9.17) is 4.42 Å². The first-order valence-corrected chi connectivity index (χ1v) is 14.1. The molecule has 0 bridgehead atoms. The molecule has 3 amide bonds. The molecule has 0 unspecified atom stereocenters. The summed E-state index contributed by atoms with van der Waals surface area (Å²) < 4.78 is 5.32. The Kier molecular flexibility index (Phi) is 6.97. The molecule has 0 aliphatic carbocycles. The van der Waals surface area contributed by atoms with Crippen LogP contribution in [0.4, 0.5) is 5.82 Å². The van der Waals surface area contributed by atoms with Crippen molar-refractivity contribution in [2.24, 2.45) is 5.41 Å². The Bertz CT molecular complexity index is 1430. The maximum Gasteiger partial charge on any atom is 0.301 e. The summed E-state index contributed by atoms with van der Waals surface area (Å²) in [6, 6.07) is 5.12. The number of pyridine rings is 1. The van der Waals surface area contributed by atoms with Crippen molar-refractivity contribution in [2.75, 3.05) is 31.1 Å². The molecule has 0 atom stereocenters. The highest BCUT2D eigenvalue weighted by Gasteiger charge is 2.49. The predicted octanol–water partition coefficient (Wildman–Crippen LogP) is 3.95. The Balaban J connectivity index is 1.20. The van der Waals surface area contributed by atoms with Crippen LogP contribution in [-0.4, -0.2) is 58.8 Å². The molecule has 0 aromatic carbocycles. The number of likely N-dealkylation sites (tertiary alicyclic amines) is 1. The second-order valence-electron chi connectivity index (χ2n) is 10.3. The number of anilines is 1. The predicted molar refractivity (Wildman–Crippen MR) is 148 cm³/mol. The van der Waals surface area contributed by atoms with E-state index in [-0.39, 0.29) is 17.6 Å². The molecule has 9 nitrogen and oxygen atoms in total. The number of hydrogen-bond donors (Lipinski definition) is 1. The number of nitrogens with zero attached hydrogens (tertiary/aromatic N) is 4. The molecule has 2 fully saturated rings. The Morgan fingerprint density at radius 1 is 1.15 bits per heavy atom. The van der Waals surface area contributed by atoms with Crippen LogP contribution in [0.25, 0.3) is 12.2 Å². The van der Waals surface area contributed by atoms with Crippen LogP contribution in [0.5, 0.6) is 0 Å². The van der Waals surface area contributed by atoms with Crippen molar-refractivity contribution in [2.45, 2.75) is 32.1 Å². The zero-order chi connectivity index (χ0) is 26.8. The van der Waals surface area contributed by atoms with Gasteiger partial charge >= 0.3 is 5.91 Å². The topological polar surface area (TPSA) is 109 Å². The monoisotopic (exact) mass is 543 g/mol. The Morgan fingerprint density at radius 2 is 1.97 bits per heavy atom. The molecule has 39 heavy (non-hydrogen) atoms. The summed E-state index contributed by atoms with van der Waals surface area (Å²) in [7, 11) is 0. The summed E-state index contributed by atoms with van der Waals surface area (Å²) in [4.78, 5) is 51.8. The molecule has 3 aromatic heterocycles. The molecular formula is C29H29N5O4S. The minimum absolute atomic E-state index is 0.0416. The van der Waals surface area contributed by atoms with Crippen molar-refractivity contribution in [1.29, 1.82) is 0 Å². The number of aromatic nitrogens is 2. The number of furan rings is 1. The van der Waals surface area contributed by atoms with E-state index in [0.717, 1.165) is 29.7 Å². The smallest absolute Gasteiger partial charge is 0.301 e. The summed E-state index contributed by atoms with van der Waals surface area (Å²) in [5.41, 5.74) is 5.02. The van der Waals surface area contributed by atoms with E-state index >= 15 is 0 Å². The highest BCUT2D eigenvalue weighted by Crippen LogP contribution is 2.43. The fraction of sp³-hybridized carbons (Fsp3) is 0.345. The zero-order valence-electron chi connectivity index (χ0n) is 21.5. The van der Waals surface area contributed by atoms with E-state index in [1.807, 2.05) is 21.9 Å². The molecule has 0 saturated carbocycles. The van der Waals surface area contributed by atoms with Crippen LogP contribution < -0.4 is 10.2 Å². The molecule has 3 aliphatic rings. The molecule has 2 saturated heterocycles. The number of nitrogens with one attached hydrogen (secondary N) is 1. The van der Waals surface area contributed by atoms with Crippen molar-refractivity contribution in [3.05, 3.63) is 75.8 Å². The lowest BCUT2D eigenvalue weighted by Crippen LogP contribution is -2.55. The van der Waals surface area contributed by atoms with E-state index in [1.54, 1.807) is 41.8 Å². The van der Waals surface area contributed by atoms with Gasteiger partial charge in [0.25, 0.3) is 0 Å². The van der Waals surface area contributed by atoms with Gasteiger partial charge in [-0.25, -0.2) is 14.9 Å². The van der Waals surface area contributed by atoms with Crippen molar-refractivity contribution >= 4 is 47.0 Å². The molecule has 10 heteroatoms. The molecule has 3 aliphatic heterocycles. The number of imide groups is 1. The third-order valence-corrected chi connectivity index (χ3v) is 8.40. The molecule has 1 N–H and O–H groups in total. The Hall–Kier alpha value is -3.89. The largest absolute Gasteiger partial charge is 0.459 e. The number of thiazole rings is 1. The molecule has 3 aromatic rings. The van der Waals surface area contributed by atoms with Crippen LogP contribution >= 0.6 is 11.3 Å². The number of hydrogen-bond acceptors (Lipinski definition) is 8. The lowest BCUT2D eigenvalue weighted by molar-refractivity contribution is -0.130. The molecular weight excluding hydrogens is 514 g/mol. The van der Waals surface area contributed by atoms with E-state index in [1.165, 1.54) is 16.7 Å². The van der Waals surface area contributed by atoms with Crippen molar-refractivity contribution < 1.29 is 18.8 Å². The van der Waals surface area contributed by atoms with Gasteiger partial charge in [0.1, 0.15) is 5.82 Å². The van der Waals surface area contributed by atoms with E-state index in [2.05, 4.69) is 21.4 Å². The summed E-state index contributed by atoms with van der Waals surface area (Å²) in [6.07, 6.45) is 11.9. The van der Waals surface area contributed by atoms with Gasteiger partial charge in [0, 0.05) is 30.7 Å². The van der Waals surface area contributed by atoms with Gasteiger partial charge in [-0.15, -0.1) is 11.3 Å². The van der Waals surface area contributed by atoms with Gasteiger partial charge in [-0.2, -0.15) is 0 Å². The van der Waals surface area contributed by atoms with Crippen LogP contribution in [0.2, 0.25) is 0 Å². The average Bonchev–Trinajstić information content (AvgIpc) is 3.68. The number of amides is 3. The van der Waals surface area contributed by atoms with Crippen LogP contribution in [0.15, 0.2) is 57.6 Å². The second-order valence-corrected chi connectivity index (χ2v) is 11.0. The van der Waals surface area contributed by atoms with E-state index in [0.29, 0.717) is 51.3 Å². The van der Waals surface area contributed by atoms with Crippen LogP contribution in [0.1, 0.15) is 53.1 Å². The minimum Gasteiger partial charge on any atom is -0.459 e. The van der Waals surface area contributed by atoms with Crippen LogP contribution in [0.3, 0.4) is 0 Å². The molecule has 6 rings (SSSR count). The van der Waals surface area contributed by atoms with Gasteiger partial charge in [0.2, 0.25) is 11.8 Å². The fourth-order valence-electron chi connectivity index (χ4n) is 5.65. The standard InChI is InChI=1S/C29H29N5O4S/c35-25(33-11-5-20(6-12-33)15-23-18-39-19-32-23)4-3-21-14-22-16-29(7-9-30-10-8-29)28(37)34(26(22)31-17-21)27(36)24-2-1-13-38-24/h1-4,13-15,17-19,30H,5-12,16H2/b4-3+. The third kappa shape index (κ3) is 5.09.